The number of alkyl halides is 1. The van der Waals surface area contributed by atoms with Gasteiger partial charge in [0.15, 0.2) is 5.78 Å². The van der Waals surface area contributed by atoms with Crippen LogP contribution in [0.15, 0.2) is 53.9 Å². The molecule has 3 rings (SSSR count). The van der Waals surface area contributed by atoms with E-state index >= 15 is 0 Å². The summed E-state index contributed by atoms with van der Waals surface area (Å²) < 4.78 is 5.18. The van der Waals surface area contributed by atoms with Crippen LogP contribution in [0, 0.1) is 5.92 Å². The Morgan fingerprint density at radius 3 is 2.78 bits per heavy atom. The van der Waals surface area contributed by atoms with E-state index in [1.807, 2.05) is 42.6 Å². The van der Waals surface area contributed by atoms with Gasteiger partial charge in [0.25, 0.3) is 0 Å². The Bertz CT molecular complexity index is 673. The maximum absolute atomic E-state index is 12.4. The van der Waals surface area contributed by atoms with E-state index in [0.29, 0.717) is 0 Å². The second-order valence-corrected chi connectivity index (χ2v) is 6.34. The molecule has 0 bridgehead atoms. The first-order chi connectivity index (χ1) is 11.2. The minimum Gasteiger partial charge on any atom is -0.497 e. The van der Waals surface area contributed by atoms with E-state index in [2.05, 4.69) is 11.4 Å². The molecule has 0 saturated heterocycles. The number of hydrogen-bond donors (Lipinski definition) is 1. The van der Waals surface area contributed by atoms with Crippen LogP contribution >= 0.6 is 11.6 Å². The van der Waals surface area contributed by atoms with Crippen molar-refractivity contribution in [3.63, 3.8) is 0 Å². The van der Waals surface area contributed by atoms with Gasteiger partial charge in [0.2, 0.25) is 0 Å². The Balaban J connectivity index is 1.88. The molecule has 1 N–H and O–H groups in total. The predicted octanol–water partition coefficient (Wildman–Crippen LogP) is 4.06. The van der Waals surface area contributed by atoms with Crippen LogP contribution in [-0.2, 0) is 4.79 Å². The summed E-state index contributed by atoms with van der Waals surface area (Å²) in [5.74, 6) is 0.849. The molecule has 1 aliphatic carbocycles. The smallest absolute Gasteiger partial charge is 0.158 e. The fourth-order valence-electron chi connectivity index (χ4n) is 3.07. The number of nitrogens with one attached hydrogen (secondary N) is 1. The van der Waals surface area contributed by atoms with E-state index in [0.717, 1.165) is 41.8 Å². The lowest BCUT2D eigenvalue weighted by Gasteiger charge is -2.28. The summed E-state index contributed by atoms with van der Waals surface area (Å²) >= 11 is 6.17. The first-order valence-electron chi connectivity index (χ1n) is 7.86. The Hall–Kier alpha value is -2.00. The van der Waals surface area contributed by atoms with Gasteiger partial charge in [-0.15, -0.1) is 11.6 Å². The van der Waals surface area contributed by atoms with Crippen LogP contribution in [0.2, 0.25) is 0 Å². The van der Waals surface area contributed by atoms with Crippen LogP contribution in [0.5, 0.6) is 5.75 Å². The zero-order valence-electron chi connectivity index (χ0n) is 13.1. The fraction of sp³-hybridized carbons (Fsp3) is 0.316. The van der Waals surface area contributed by atoms with E-state index in [1.165, 1.54) is 0 Å². The molecule has 1 fully saturated rings. The SMILES string of the molecule is COc1ccc(C=C2NC=CC=C2C2CCCC(Cl)C2=O)cc1. The summed E-state index contributed by atoms with van der Waals surface area (Å²) in [4.78, 5) is 12.4. The molecule has 0 radical (unpaired) electrons. The van der Waals surface area contributed by atoms with Crippen molar-refractivity contribution in [2.24, 2.45) is 5.92 Å². The molecule has 2 unspecified atom stereocenters. The molecular weight excluding hydrogens is 310 g/mol. The van der Waals surface area contributed by atoms with Gasteiger partial charge in [-0.2, -0.15) is 0 Å². The van der Waals surface area contributed by atoms with Crippen LogP contribution in [0.4, 0.5) is 0 Å². The number of hydrogen-bond acceptors (Lipinski definition) is 3. The molecule has 3 nitrogen and oxygen atoms in total. The predicted molar refractivity (Wildman–Crippen MR) is 93.3 cm³/mol. The van der Waals surface area contributed by atoms with Crippen molar-refractivity contribution >= 4 is 23.5 Å². The van der Waals surface area contributed by atoms with Crippen LogP contribution in [0.25, 0.3) is 6.08 Å². The maximum atomic E-state index is 12.4. The number of halogens is 1. The second kappa shape index (κ2) is 7.05. The Labute approximate surface area is 141 Å². The summed E-state index contributed by atoms with van der Waals surface area (Å²) in [5.41, 5.74) is 3.04. The van der Waals surface area contributed by atoms with Gasteiger partial charge in [-0.25, -0.2) is 0 Å². The number of allylic oxidation sites excluding steroid dienone is 3. The fourth-order valence-corrected chi connectivity index (χ4v) is 3.38. The molecule has 1 aliphatic heterocycles. The topological polar surface area (TPSA) is 38.3 Å². The minimum absolute atomic E-state index is 0.117. The van der Waals surface area contributed by atoms with Gasteiger partial charge in [0, 0.05) is 17.8 Å². The van der Waals surface area contributed by atoms with Gasteiger partial charge in [-0.1, -0.05) is 24.6 Å². The quantitative estimate of drug-likeness (QED) is 0.850. The molecule has 0 spiro atoms. The van der Waals surface area contributed by atoms with Crippen molar-refractivity contribution in [3.8, 4) is 5.75 Å². The van der Waals surface area contributed by atoms with Gasteiger partial charge in [0.1, 0.15) is 5.75 Å². The lowest BCUT2D eigenvalue weighted by molar-refractivity contribution is -0.122. The molecule has 1 saturated carbocycles. The number of ether oxygens (including phenoxy) is 1. The number of dihydropyridines is 1. The highest BCUT2D eigenvalue weighted by molar-refractivity contribution is 6.31. The van der Waals surface area contributed by atoms with Crippen molar-refractivity contribution in [1.29, 1.82) is 0 Å². The largest absolute Gasteiger partial charge is 0.497 e. The number of methoxy groups -OCH3 is 1. The Morgan fingerprint density at radius 1 is 1.26 bits per heavy atom. The molecule has 2 aliphatic rings. The molecule has 0 amide bonds. The molecule has 4 heteroatoms. The van der Waals surface area contributed by atoms with Gasteiger partial charge >= 0.3 is 0 Å². The number of benzene rings is 1. The highest BCUT2D eigenvalue weighted by Gasteiger charge is 2.33. The van der Waals surface area contributed by atoms with Crippen LogP contribution in [-0.4, -0.2) is 18.3 Å². The molecule has 2 atom stereocenters. The molecule has 1 aromatic rings. The number of carbonyl (C=O) groups excluding carboxylic acids is 1. The molecule has 1 heterocycles. The summed E-state index contributed by atoms with van der Waals surface area (Å²) in [6.45, 7) is 0. The lowest BCUT2D eigenvalue weighted by atomic mass is 9.80. The third-order valence-corrected chi connectivity index (χ3v) is 4.76. The van der Waals surface area contributed by atoms with Crippen molar-refractivity contribution in [2.75, 3.05) is 7.11 Å². The zero-order chi connectivity index (χ0) is 16.2. The molecule has 23 heavy (non-hydrogen) atoms. The van der Waals surface area contributed by atoms with Crippen molar-refractivity contribution in [1.82, 2.24) is 5.32 Å². The monoisotopic (exact) mass is 329 g/mol. The number of ketones is 1. The Morgan fingerprint density at radius 2 is 2.04 bits per heavy atom. The first-order valence-corrected chi connectivity index (χ1v) is 8.30. The van der Waals surface area contributed by atoms with Gasteiger partial charge in [-0.05, 0) is 48.3 Å². The van der Waals surface area contributed by atoms with E-state index < -0.39 is 0 Å². The van der Waals surface area contributed by atoms with Crippen molar-refractivity contribution in [2.45, 2.75) is 24.6 Å². The average Bonchev–Trinajstić information content (AvgIpc) is 2.59. The average molecular weight is 330 g/mol. The minimum atomic E-state index is -0.359. The van der Waals surface area contributed by atoms with E-state index in [-0.39, 0.29) is 17.1 Å². The summed E-state index contributed by atoms with van der Waals surface area (Å²) in [7, 11) is 1.65. The van der Waals surface area contributed by atoms with Crippen LogP contribution in [0.3, 0.4) is 0 Å². The number of rotatable bonds is 3. The lowest BCUT2D eigenvalue weighted by Crippen LogP contribution is -2.32. The number of Topliss-reactive ketones (excluding diaryl/α,β-unsaturated/α-hetero) is 1. The standard InChI is InChI=1S/C19H20ClNO2/c1-23-14-9-7-13(8-10-14)12-18-15(5-3-11-21-18)16-4-2-6-17(20)19(16)22/h3,5,7-12,16-17,21H,2,4,6H2,1H3. The van der Waals surface area contributed by atoms with Gasteiger partial charge < -0.3 is 10.1 Å². The third-order valence-electron chi connectivity index (χ3n) is 4.33. The van der Waals surface area contributed by atoms with Gasteiger partial charge in [0.05, 0.1) is 12.5 Å². The highest BCUT2D eigenvalue weighted by Crippen LogP contribution is 2.34. The molecule has 0 aromatic heterocycles. The van der Waals surface area contributed by atoms with Crippen LogP contribution in [0.1, 0.15) is 24.8 Å². The zero-order valence-corrected chi connectivity index (χ0v) is 13.8. The summed E-state index contributed by atoms with van der Waals surface area (Å²) in [6, 6.07) is 7.84. The Kier molecular flexibility index (Phi) is 4.87. The number of carbonyl (C=O) groups is 1. The summed E-state index contributed by atoms with van der Waals surface area (Å²) in [6.07, 6.45) is 10.5. The second-order valence-electron chi connectivity index (χ2n) is 5.81. The highest BCUT2D eigenvalue weighted by atomic mass is 35.5. The van der Waals surface area contributed by atoms with Gasteiger partial charge in [-0.3, -0.25) is 4.79 Å². The van der Waals surface area contributed by atoms with Crippen LogP contribution < -0.4 is 10.1 Å². The summed E-state index contributed by atoms with van der Waals surface area (Å²) in [5, 5.41) is 2.91. The first kappa shape index (κ1) is 15.9. The van der Waals surface area contributed by atoms with E-state index in [1.54, 1.807) is 7.11 Å². The normalized spacial score (nSPS) is 25.9. The molecule has 120 valence electrons. The molecule has 1 aromatic carbocycles. The molecular formula is C19H20ClNO2. The van der Waals surface area contributed by atoms with Crippen molar-refractivity contribution in [3.05, 3.63) is 59.5 Å². The van der Waals surface area contributed by atoms with E-state index in [4.69, 9.17) is 16.3 Å². The third kappa shape index (κ3) is 3.50. The van der Waals surface area contributed by atoms with E-state index in [9.17, 15) is 4.79 Å². The van der Waals surface area contributed by atoms with Crippen molar-refractivity contribution < 1.29 is 9.53 Å². The maximum Gasteiger partial charge on any atom is 0.158 e.